The van der Waals surface area contributed by atoms with E-state index in [-0.39, 0.29) is 6.04 Å². The number of pyridine rings is 1. The van der Waals surface area contributed by atoms with E-state index in [4.69, 9.17) is 33.7 Å². The van der Waals surface area contributed by atoms with Gasteiger partial charge in [-0.05, 0) is 42.7 Å². The van der Waals surface area contributed by atoms with Crippen molar-refractivity contribution < 1.29 is 4.74 Å². The molecule has 2 N–H and O–H groups in total. The van der Waals surface area contributed by atoms with Crippen LogP contribution in [-0.2, 0) is 13.0 Å². The molecule has 0 spiro atoms. The highest BCUT2D eigenvalue weighted by Crippen LogP contribution is 2.26. The molecule has 112 valence electrons. The van der Waals surface area contributed by atoms with Crippen molar-refractivity contribution in [2.24, 2.45) is 5.73 Å². The fraction of sp³-hybridized carbons (Fsp3) is 0.312. The van der Waals surface area contributed by atoms with Gasteiger partial charge in [0.2, 0.25) is 0 Å². The normalized spacial score (nSPS) is 12.2. The van der Waals surface area contributed by atoms with Gasteiger partial charge in [-0.25, -0.2) is 0 Å². The van der Waals surface area contributed by atoms with E-state index in [0.29, 0.717) is 16.7 Å². The van der Waals surface area contributed by atoms with Crippen molar-refractivity contribution in [2.45, 2.75) is 32.4 Å². The Kier molecular flexibility index (Phi) is 5.85. The molecule has 0 saturated carbocycles. The summed E-state index contributed by atoms with van der Waals surface area (Å²) in [5.41, 5.74) is 7.94. The van der Waals surface area contributed by atoms with Gasteiger partial charge in [0.15, 0.2) is 0 Å². The highest BCUT2D eigenvalue weighted by Gasteiger charge is 2.10. The molecule has 0 radical (unpaired) electrons. The number of nitrogens with two attached hydrogens (primary N) is 1. The lowest BCUT2D eigenvalue weighted by Gasteiger charge is -2.15. The van der Waals surface area contributed by atoms with Crippen LogP contribution in [0.1, 0.15) is 24.5 Å². The monoisotopic (exact) mass is 324 g/mol. The maximum absolute atomic E-state index is 6.08. The van der Waals surface area contributed by atoms with E-state index in [9.17, 15) is 0 Å². The number of hydrogen-bond donors (Lipinski definition) is 1. The summed E-state index contributed by atoms with van der Waals surface area (Å²) in [7, 11) is 0. The molecule has 3 nitrogen and oxygen atoms in total. The second kappa shape index (κ2) is 7.64. The van der Waals surface area contributed by atoms with Crippen molar-refractivity contribution in [2.75, 3.05) is 0 Å². The van der Waals surface area contributed by atoms with E-state index < -0.39 is 0 Å². The predicted molar refractivity (Wildman–Crippen MR) is 87.0 cm³/mol. The van der Waals surface area contributed by atoms with Crippen molar-refractivity contribution in [3.05, 3.63) is 57.8 Å². The predicted octanol–water partition coefficient (Wildman–Crippen LogP) is 4.25. The van der Waals surface area contributed by atoms with Gasteiger partial charge in [-0.15, -0.1) is 0 Å². The summed E-state index contributed by atoms with van der Waals surface area (Å²) in [6.07, 6.45) is 4.94. The fourth-order valence-corrected chi connectivity index (χ4v) is 2.32. The highest BCUT2D eigenvalue weighted by atomic mass is 35.5. The highest BCUT2D eigenvalue weighted by molar-refractivity contribution is 6.31. The Morgan fingerprint density at radius 3 is 2.76 bits per heavy atom. The summed E-state index contributed by atoms with van der Waals surface area (Å²) in [5, 5.41) is 1.28. The molecule has 0 bridgehead atoms. The Bertz CT molecular complexity index is 605. The minimum Gasteiger partial charge on any atom is -0.489 e. The first-order valence-corrected chi connectivity index (χ1v) is 7.61. The van der Waals surface area contributed by atoms with Crippen LogP contribution in [0, 0.1) is 0 Å². The lowest BCUT2D eigenvalue weighted by molar-refractivity contribution is 0.302. The summed E-state index contributed by atoms with van der Waals surface area (Å²) in [4.78, 5) is 3.96. The van der Waals surface area contributed by atoms with Crippen LogP contribution in [0.4, 0.5) is 0 Å². The molecular weight excluding hydrogens is 307 g/mol. The third-order valence-electron chi connectivity index (χ3n) is 3.27. The average Bonchev–Trinajstić information content (AvgIpc) is 2.48. The van der Waals surface area contributed by atoms with E-state index in [1.165, 1.54) is 0 Å². The zero-order valence-electron chi connectivity index (χ0n) is 11.9. The van der Waals surface area contributed by atoms with E-state index in [2.05, 4.69) is 11.9 Å². The number of benzene rings is 1. The quantitative estimate of drug-likeness (QED) is 0.864. The van der Waals surface area contributed by atoms with Crippen LogP contribution in [0.25, 0.3) is 0 Å². The van der Waals surface area contributed by atoms with Crippen LogP contribution in [0.2, 0.25) is 10.0 Å². The van der Waals surface area contributed by atoms with Crippen molar-refractivity contribution in [1.29, 1.82) is 0 Å². The van der Waals surface area contributed by atoms with Gasteiger partial charge in [0.25, 0.3) is 0 Å². The largest absolute Gasteiger partial charge is 0.489 e. The second-order valence-corrected chi connectivity index (χ2v) is 5.72. The summed E-state index contributed by atoms with van der Waals surface area (Å²) in [6.45, 7) is 2.45. The Hall–Kier alpha value is -1.29. The molecule has 5 heteroatoms. The van der Waals surface area contributed by atoms with Crippen LogP contribution in [-0.4, -0.2) is 11.0 Å². The molecule has 0 aliphatic heterocycles. The Balaban J connectivity index is 2.14. The maximum Gasteiger partial charge on any atom is 0.123 e. The van der Waals surface area contributed by atoms with Gasteiger partial charge in [0.1, 0.15) is 12.4 Å². The lowest BCUT2D eigenvalue weighted by Crippen LogP contribution is -2.21. The molecule has 1 aromatic heterocycles. The fourth-order valence-electron chi connectivity index (χ4n) is 1.95. The van der Waals surface area contributed by atoms with Crippen LogP contribution in [0.3, 0.4) is 0 Å². The van der Waals surface area contributed by atoms with Gasteiger partial charge in [-0.3, -0.25) is 4.98 Å². The van der Waals surface area contributed by atoms with E-state index in [0.717, 1.165) is 29.7 Å². The molecule has 0 aliphatic carbocycles. The average molecular weight is 325 g/mol. The molecule has 1 heterocycles. The van der Waals surface area contributed by atoms with Crippen LogP contribution < -0.4 is 10.5 Å². The van der Waals surface area contributed by atoms with Gasteiger partial charge in [0, 0.05) is 29.0 Å². The molecule has 0 fully saturated rings. The first kappa shape index (κ1) is 16.1. The third-order valence-corrected chi connectivity index (χ3v) is 3.84. The molecule has 2 aromatic rings. The zero-order chi connectivity index (χ0) is 15.2. The Morgan fingerprint density at radius 2 is 2.05 bits per heavy atom. The van der Waals surface area contributed by atoms with Crippen molar-refractivity contribution in [3.63, 3.8) is 0 Å². The first-order chi connectivity index (χ1) is 10.1. The molecule has 21 heavy (non-hydrogen) atoms. The van der Waals surface area contributed by atoms with Crippen molar-refractivity contribution >= 4 is 23.2 Å². The van der Waals surface area contributed by atoms with Gasteiger partial charge >= 0.3 is 0 Å². The zero-order valence-corrected chi connectivity index (χ0v) is 13.4. The van der Waals surface area contributed by atoms with Crippen LogP contribution in [0.15, 0.2) is 36.7 Å². The second-order valence-electron chi connectivity index (χ2n) is 4.88. The first-order valence-electron chi connectivity index (χ1n) is 6.85. The minimum atomic E-state index is 0.0929. The van der Waals surface area contributed by atoms with E-state index in [1.807, 2.05) is 24.3 Å². The van der Waals surface area contributed by atoms with Crippen LogP contribution >= 0.6 is 23.2 Å². The van der Waals surface area contributed by atoms with Gasteiger partial charge in [-0.2, -0.15) is 0 Å². The lowest BCUT2D eigenvalue weighted by atomic mass is 10.0. The standard InChI is InChI=1S/C16H18Cl2N2O/c1-2-14(19)8-12-7-13(17)3-4-16(12)21-10-11-5-6-20-9-15(11)18/h3-7,9,14H,2,8,10,19H2,1H3. The summed E-state index contributed by atoms with van der Waals surface area (Å²) in [6, 6.07) is 7.52. The van der Waals surface area contributed by atoms with Crippen molar-refractivity contribution in [3.8, 4) is 5.75 Å². The Morgan fingerprint density at radius 1 is 1.24 bits per heavy atom. The maximum atomic E-state index is 6.08. The number of aromatic nitrogens is 1. The number of hydrogen-bond acceptors (Lipinski definition) is 3. The molecule has 0 saturated heterocycles. The summed E-state index contributed by atoms with van der Waals surface area (Å²) >= 11 is 12.1. The molecule has 0 aliphatic rings. The van der Waals surface area contributed by atoms with E-state index in [1.54, 1.807) is 12.4 Å². The molecule has 1 atom stereocenters. The summed E-state index contributed by atoms with van der Waals surface area (Å²) < 4.78 is 5.88. The van der Waals surface area contributed by atoms with E-state index >= 15 is 0 Å². The molecule has 2 rings (SSSR count). The van der Waals surface area contributed by atoms with Gasteiger partial charge < -0.3 is 10.5 Å². The van der Waals surface area contributed by atoms with Crippen molar-refractivity contribution in [1.82, 2.24) is 4.98 Å². The smallest absolute Gasteiger partial charge is 0.123 e. The molecule has 0 amide bonds. The number of ether oxygens (including phenoxy) is 1. The number of halogens is 2. The Labute approximate surface area is 135 Å². The van der Waals surface area contributed by atoms with Gasteiger partial charge in [0.05, 0.1) is 5.02 Å². The van der Waals surface area contributed by atoms with Gasteiger partial charge in [-0.1, -0.05) is 30.1 Å². The third kappa shape index (κ3) is 4.60. The SMILES string of the molecule is CCC(N)Cc1cc(Cl)ccc1OCc1ccncc1Cl. The molecular formula is C16H18Cl2N2O. The molecule has 1 aromatic carbocycles. The molecule has 1 unspecified atom stereocenters. The van der Waals surface area contributed by atoms with Crippen LogP contribution in [0.5, 0.6) is 5.75 Å². The summed E-state index contributed by atoms with van der Waals surface area (Å²) in [5.74, 6) is 0.788. The topological polar surface area (TPSA) is 48.1 Å². The minimum absolute atomic E-state index is 0.0929. The number of rotatable bonds is 6. The number of nitrogens with zero attached hydrogens (tertiary/aromatic N) is 1.